The van der Waals surface area contributed by atoms with Gasteiger partial charge in [-0.1, -0.05) is 19.4 Å². The first-order valence-corrected chi connectivity index (χ1v) is 6.77. The van der Waals surface area contributed by atoms with E-state index in [4.69, 9.17) is 0 Å². The molecule has 3 N–H and O–H groups in total. The van der Waals surface area contributed by atoms with Crippen molar-refractivity contribution >= 4 is 17.4 Å². The second-order valence-electron chi connectivity index (χ2n) is 5.25. The Morgan fingerprint density at radius 2 is 2.14 bits per heavy atom. The number of nitro groups is 1. The molecule has 21 heavy (non-hydrogen) atoms. The van der Waals surface area contributed by atoms with E-state index in [-0.39, 0.29) is 12.3 Å². The van der Waals surface area contributed by atoms with Gasteiger partial charge in [-0.2, -0.15) is 0 Å². The summed E-state index contributed by atoms with van der Waals surface area (Å²) in [6.45, 7) is 5.10. The molecule has 0 spiro atoms. The molecule has 1 rings (SSSR count). The molecular formula is C14H21N3O4. The SMILES string of the molecule is CCCC(C)(CO)NC(=O)Nc1cccc([N+](=O)[O-])c1C. The summed E-state index contributed by atoms with van der Waals surface area (Å²) >= 11 is 0. The van der Waals surface area contributed by atoms with Gasteiger partial charge < -0.3 is 15.7 Å². The van der Waals surface area contributed by atoms with Crippen LogP contribution in [0.15, 0.2) is 18.2 Å². The first kappa shape index (κ1) is 16.9. The van der Waals surface area contributed by atoms with Gasteiger partial charge in [-0.05, 0) is 26.3 Å². The minimum absolute atomic E-state index is 0.0497. The van der Waals surface area contributed by atoms with Crippen LogP contribution in [0.3, 0.4) is 0 Å². The fourth-order valence-corrected chi connectivity index (χ4v) is 2.12. The lowest BCUT2D eigenvalue weighted by Gasteiger charge is -2.28. The topological polar surface area (TPSA) is 104 Å². The van der Waals surface area contributed by atoms with E-state index in [0.29, 0.717) is 17.7 Å². The van der Waals surface area contributed by atoms with Gasteiger partial charge >= 0.3 is 6.03 Å². The predicted octanol–water partition coefficient (Wildman–Crippen LogP) is 2.58. The van der Waals surface area contributed by atoms with Crippen LogP contribution in [0, 0.1) is 17.0 Å². The maximum atomic E-state index is 12.0. The summed E-state index contributed by atoms with van der Waals surface area (Å²) in [5.74, 6) is 0. The second-order valence-corrected chi connectivity index (χ2v) is 5.25. The first-order valence-electron chi connectivity index (χ1n) is 6.77. The van der Waals surface area contributed by atoms with Gasteiger partial charge in [-0.3, -0.25) is 10.1 Å². The van der Waals surface area contributed by atoms with E-state index in [2.05, 4.69) is 10.6 Å². The van der Waals surface area contributed by atoms with Crippen molar-refractivity contribution in [3.63, 3.8) is 0 Å². The van der Waals surface area contributed by atoms with E-state index in [9.17, 15) is 20.0 Å². The highest BCUT2D eigenvalue weighted by molar-refractivity contribution is 5.91. The molecule has 0 heterocycles. The molecule has 0 aliphatic carbocycles. The zero-order valence-electron chi connectivity index (χ0n) is 12.5. The number of nitrogens with zero attached hydrogens (tertiary/aromatic N) is 1. The quantitative estimate of drug-likeness (QED) is 0.554. The molecule has 1 aromatic rings. The maximum Gasteiger partial charge on any atom is 0.319 e. The van der Waals surface area contributed by atoms with Gasteiger partial charge in [-0.25, -0.2) is 4.79 Å². The number of aliphatic hydroxyl groups is 1. The number of amides is 2. The van der Waals surface area contributed by atoms with Gasteiger partial charge in [0, 0.05) is 6.07 Å². The van der Waals surface area contributed by atoms with Crippen molar-refractivity contribution in [3.05, 3.63) is 33.9 Å². The van der Waals surface area contributed by atoms with Crippen LogP contribution in [0.4, 0.5) is 16.2 Å². The van der Waals surface area contributed by atoms with Crippen molar-refractivity contribution < 1.29 is 14.8 Å². The van der Waals surface area contributed by atoms with Crippen molar-refractivity contribution in [2.45, 2.75) is 39.2 Å². The molecule has 0 aliphatic heterocycles. The summed E-state index contributed by atoms with van der Waals surface area (Å²) in [6, 6.07) is 3.99. The summed E-state index contributed by atoms with van der Waals surface area (Å²) in [5, 5.41) is 25.5. The van der Waals surface area contributed by atoms with Crippen LogP contribution in [0.25, 0.3) is 0 Å². The summed E-state index contributed by atoms with van der Waals surface area (Å²) in [4.78, 5) is 22.4. The van der Waals surface area contributed by atoms with E-state index in [1.807, 2.05) is 6.92 Å². The average Bonchev–Trinajstić information content (AvgIpc) is 2.41. The number of urea groups is 1. The lowest BCUT2D eigenvalue weighted by Crippen LogP contribution is -2.50. The highest BCUT2D eigenvalue weighted by Gasteiger charge is 2.25. The Morgan fingerprint density at radius 3 is 2.67 bits per heavy atom. The molecule has 0 saturated heterocycles. The summed E-state index contributed by atoms with van der Waals surface area (Å²) in [5.41, 5.74) is -0.00315. The monoisotopic (exact) mass is 295 g/mol. The second kappa shape index (κ2) is 7.03. The van der Waals surface area contributed by atoms with Gasteiger partial charge in [0.2, 0.25) is 0 Å². The van der Waals surface area contributed by atoms with Crippen LogP contribution in [-0.2, 0) is 0 Å². The van der Waals surface area contributed by atoms with E-state index in [1.165, 1.54) is 12.1 Å². The van der Waals surface area contributed by atoms with E-state index in [1.54, 1.807) is 19.9 Å². The fraction of sp³-hybridized carbons (Fsp3) is 0.500. The molecule has 7 nitrogen and oxygen atoms in total. The average molecular weight is 295 g/mol. The summed E-state index contributed by atoms with van der Waals surface area (Å²) < 4.78 is 0. The number of nitro benzene ring substituents is 1. The Morgan fingerprint density at radius 1 is 1.48 bits per heavy atom. The standard InChI is InChI=1S/C14H21N3O4/c1-4-8-14(3,9-18)16-13(19)15-11-6-5-7-12(10(11)2)17(20)21/h5-7,18H,4,8-9H2,1-3H3,(H2,15,16,19). The number of nitrogens with one attached hydrogen (secondary N) is 2. The minimum Gasteiger partial charge on any atom is -0.394 e. The Balaban J connectivity index is 2.84. The molecule has 0 saturated carbocycles. The third-order valence-corrected chi connectivity index (χ3v) is 3.32. The van der Waals surface area contributed by atoms with Crippen molar-refractivity contribution in [1.29, 1.82) is 0 Å². The van der Waals surface area contributed by atoms with E-state index in [0.717, 1.165) is 6.42 Å². The van der Waals surface area contributed by atoms with Gasteiger partial charge in [0.1, 0.15) is 0 Å². The molecular weight excluding hydrogens is 274 g/mol. The molecule has 1 atom stereocenters. The molecule has 0 bridgehead atoms. The van der Waals surface area contributed by atoms with Crippen LogP contribution in [0.2, 0.25) is 0 Å². The molecule has 1 aromatic carbocycles. The van der Waals surface area contributed by atoms with E-state index >= 15 is 0 Å². The van der Waals surface area contributed by atoms with Crippen LogP contribution in [0.1, 0.15) is 32.3 Å². The van der Waals surface area contributed by atoms with Crippen molar-refractivity contribution in [2.24, 2.45) is 0 Å². The van der Waals surface area contributed by atoms with Crippen LogP contribution in [0.5, 0.6) is 0 Å². The Kier molecular flexibility index (Phi) is 5.66. The number of carbonyl (C=O) groups is 1. The van der Waals surface area contributed by atoms with Gasteiger partial charge in [0.05, 0.1) is 28.3 Å². The molecule has 0 aromatic heterocycles. The van der Waals surface area contributed by atoms with Crippen molar-refractivity contribution in [3.8, 4) is 0 Å². The molecule has 2 amide bonds. The van der Waals surface area contributed by atoms with E-state index < -0.39 is 16.5 Å². The van der Waals surface area contributed by atoms with Crippen LogP contribution in [-0.4, -0.2) is 28.2 Å². The van der Waals surface area contributed by atoms with Gasteiger partial charge in [-0.15, -0.1) is 0 Å². The molecule has 7 heteroatoms. The maximum absolute atomic E-state index is 12.0. The third kappa shape index (κ3) is 4.42. The normalized spacial score (nSPS) is 13.3. The first-order chi connectivity index (χ1) is 9.83. The Labute approximate surface area is 123 Å². The highest BCUT2D eigenvalue weighted by atomic mass is 16.6. The number of aliphatic hydroxyl groups excluding tert-OH is 1. The minimum atomic E-state index is -0.715. The molecule has 0 radical (unpaired) electrons. The zero-order chi connectivity index (χ0) is 16.0. The summed E-state index contributed by atoms with van der Waals surface area (Å²) in [7, 11) is 0. The number of carbonyl (C=O) groups excluding carboxylic acids is 1. The van der Waals surface area contributed by atoms with Crippen LogP contribution < -0.4 is 10.6 Å². The van der Waals surface area contributed by atoms with Gasteiger partial charge in [0.15, 0.2) is 0 Å². The van der Waals surface area contributed by atoms with Crippen molar-refractivity contribution in [1.82, 2.24) is 5.32 Å². The van der Waals surface area contributed by atoms with Gasteiger partial charge in [0.25, 0.3) is 5.69 Å². The lowest BCUT2D eigenvalue weighted by atomic mass is 9.98. The fourth-order valence-electron chi connectivity index (χ4n) is 2.12. The number of hydrogen-bond donors (Lipinski definition) is 3. The molecule has 1 unspecified atom stereocenters. The largest absolute Gasteiger partial charge is 0.394 e. The lowest BCUT2D eigenvalue weighted by molar-refractivity contribution is -0.385. The molecule has 116 valence electrons. The number of benzene rings is 1. The molecule has 0 aliphatic rings. The Hall–Kier alpha value is -2.15. The van der Waals surface area contributed by atoms with Crippen molar-refractivity contribution in [2.75, 3.05) is 11.9 Å². The smallest absolute Gasteiger partial charge is 0.319 e. The number of rotatable bonds is 6. The number of anilines is 1. The zero-order valence-corrected chi connectivity index (χ0v) is 12.5. The Bertz CT molecular complexity index is 533. The number of hydrogen-bond acceptors (Lipinski definition) is 4. The van der Waals surface area contributed by atoms with Crippen LogP contribution >= 0.6 is 0 Å². The highest BCUT2D eigenvalue weighted by Crippen LogP contribution is 2.25. The summed E-state index contributed by atoms with van der Waals surface area (Å²) in [6.07, 6.45) is 1.44. The predicted molar refractivity (Wildman–Crippen MR) is 80.4 cm³/mol. The third-order valence-electron chi connectivity index (χ3n) is 3.32. The molecule has 0 fully saturated rings.